The van der Waals surface area contributed by atoms with Crippen molar-refractivity contribution in [2.45, 2.75) is 115 Å². The van der Waals surface area contributed by atoms with Crippen LogP contribution in [0.5, 0.6) is 5.75 Å². The molecule has 1 heterocycles. The van der Waals surface area contributed by atoms with Crippen LogP contribution >= 0.6 is 0 Å². The highest BCUT2D eigenvalue weighted by Gasteiger charge is 2.58. The van der Waals surface area contributed by atoms with Gasteiger partial charge in [0.1, 0.15) is 5.75 Å². The van der Waals surface area contributed by atoms with Crippen molar-refractivity contribution in [2.75, 3.05) is 25.6 Å². The fraction of sp³-hybridized carbons (Fsp3) is 0.568. The Morgan fingerprint density at radius 2 is 1.28 bits per heavy atom. The number of ketones is 1. The summed E-state index contributed by atoms with van der Waals surface area (Å²) in [6, 6.07) is 13.8. The standard InChI is InChI=1S/C37H53N3O6/c1-3-4-5-6-7-8-9-10-11-12-13-14-15-16-17-21-28-46-32-26-24-30(25-27-32)34(42)37(45-2,40-33(41)29-38-36(40)44)35(43)39-31-22-19-18-20-23-31/h18-20,22-27H,3-17,21,28-29H2,1-2H3,(H,38,44)(H,39,43). The van der Waals surface area contributed by atoms with Gasteiger partial charge in [-0.1, -0.05) is 121 Å². The smallest absolute Gasteiger partial charge is 0.327 e. The van der Waals surface area contributed by atoms with Crippen LogP contribution in [0, 0.1) is 0 Å². The zero-order valence-corrected chi connectivity index (χ0v) is 27.8. The highest BCUT2D eigenvalue weighted by Crippen LogP contribution is 2.28. The van der Waals surface area contributed by atoms with Gasteiger partial charge in [0.15, 0.2) is 0 Å². The molecule has 0 bridgehead atoms. The van der Waals surface area contributed by atoms with Gasteiger partial charge >= 0.3 is 6.03 Å². The third-order valence-corrected chi connectivity index (χ3v) is 8.48. The summed E-state index contributed by atoms with van der Waals surface area (Å²) in [6.07, 6.45) is 20.9. The number of ether oxygens (including phenoxy) is 2. The summed E-state index contributed by atoms with van der Waals surface area (Å²) < 4.78 is 11.3. The van der Waals surface area contributed by atoms with Gasteiger partial charge in [0.25, 0.3) is 17.5 Å². The first-order valence-electron chi connectivity index (χ1n) is 17.2. The maximum atomic E-state index is 13.8. The molecule has 3 rings (SSSR count). The maximum absolute atomic E-state index is 13.8. The third-order valence-electron chi connectivity index (χ3n) is 8.48. The Morgan fingerprint density at radius 1 is 0.761 bits per heavy atom. The molecule has 0 saturated carbocycles. The van der Waals surface area contributed by atoms with Gasteiger partial charge in [-0.05, 0) is 42.8 Å². The van der Waals surface area contributed by atoms with Crippen LogP contribution in [-0.4, -0.2) is 54.5 Å². The van der Waals surface area contributed by atoms with Crippen LogP contribution in [0.1, 0.15) is 120 Å². The Balaban J connectivity index is 1.40. The van der Waals surface area contributed by atoms with Crippen LogP contribution in [0.15, 0.2) is 54.6 Å². The second kappa shape index (κ2) is 20.4. The lowest BCUT2D eigenvalue weighted by molar-refractivity contribution is -0.157. The highest BCUT2D eigenvalue weighted by molar-refractivity contribution is 6.24. The van der Waals surface area contributed by atoms with E-state index < -0.39 is 29.4 Å². The van der Waals surface area contributed by atoms with E-state index in [9.17, 15) is 19.2 Å². The van der Waals surface area contributed by atoms with Crippen LogP contribution in [0.2, 0.25) is 0 Å². The summed E-state index contributed by atoms with van der Waals surface area (Å²) in [5, 5.41) is 4.97. The van der Waals surface area contributed by atoms with Crippen LogP contribution in [-0.2, 0) is 14.3 Å². The molecule has 0 aliphatic carbocycles. The summed E-state index contributed by atoms with van der Waals surface area (Å²) in [5.41, 5.74) is -2.07. The van der Waals surface area contributed by atoms with Gasteiger partial charge in [0, 0.05) is 18.4 Å². The van der Waals surface area contributed by atoms with E-state index in [2.05, 4.69) is 17.6 Å². The number of nitrogens with one attached hydrogen (secondary N) is 2. The van der Waals surface area contributed by atoms with Gasteiger partial charge in [-0.15, -0.1) is 0 Å². The molecule has 2 aromatic carbocycles. The Labute approximate surface area is 274 Å². The van der Waals surface area contributed by atoms with Gasteiger partial charge in [-0.3, -0.25) is 14.4 Å². The SMILES string of the molecule is CCCCCCCCCCCCCCCCCCOc1ccc(C(=O)C(OC)(C(=O)Nc2ccccc2)N2C(=O)CNC2=O)cc1. The number of rotatable bonds is 24. The minimum Gasteiger partial charge on any atom is -0.494 e. The minimum atomic E-state index is -2.54. The van der Waals surface area contributed by atoms with Crippen molar-refractivity contribution in [3.63, 3.8) is 0 Å². The molecule has 252 valence electrons. The summed E-state index contributed by atoms with van der Waals surface area (Å²) in [7, 11) is 1.12. The number of para-hydroxylation sites is 1. The molecule has 4 amide bonds. The lowest BCUT2D eigenvalue weighted by Crippen LogP contribution is -2.65. The van der Waals surface area contributed by atoms with Gasteiger partial charge in [0.05, 0.1) is 13.2 Å². The average molecular weight is 636 g/mol. The zero-order valence-electron chi connectivity index (χ0n) is 27.8. The topological polar surface area (TPSA) is 114 Å². The van der Waals surface area contributed by atoms with E-state index in [-0.39, 0.29) is 12.1 Å². The molecule has 1 aliphatic rings. The molecular weight excluding hydrogens is 582 g/mol. The number of urea groups is 1. The van der Waals surface area contributed by atoms with E-state index in [1.807, 2.05) is 0 Å². The van der Waals surface area contributed by atoms with Crippen molar-refractivity contribution < 1.29 is 28.7 Å². The van der Waals surface area contributed by atoms with E-state index in [1.165, 1.54) is 102 Å². The lowest BCUT2D eigenvalue weighted by atomic mass is 9.97. The number of anilines is 1. The number of methoxy groups -OCH3 is 1. The highest BCUT2D eigenvalue weighted by atomic mass is 16.5. The Morgan fingerprint density at radius 3 is 1.76 bits per heavy atom. The normalized spacial score (nSPS) is 14.2. The summed E-state index contributed by atoms with van der Waals surface area (Å²) in [6.45, 7) is 2.49. The lowest BCUT2D eigenvalue weighted by Gasteiger charge is -2.35. The van der Waals surface area contributed by atoms with Crippen molar-refractivity contribution in [1.29, 1.82) is 0 Å². The van der Waals surface area contributed by atoms with E-state index >= 15 is 0 Å². The molecular formula is C37H53N3O6. The van der Waals surface area contributed by atoms with Crippen molar-refractivity contribution in [3.8, 4) is 5.75 Å². The molecule has 1 atom stereocenters. The number of Topliss-reactive ketones (excluding diaryl/α,β-unsaturated/α-hetero) is 1. The first-order valence-corrected chi connectivity index (χ1v) is 17.2. The van der Waals surface area contributed by atoms with Gasteiger partial charge in [-0.2, -0.15) is 0 Å². The Hall–Kier alpha value is -3.72. The summed E-state index contributed by atoms with van der Waals surface area (Å²) in [5.74, 6) is -1.97. The number of carbonyl (C=O) groups excluding carboxylic acids is 4. The van der Waals surface area contributed by atoms with Crippen molar-refractivity contribution in [3.05, 3.63) is 60.2 Å². The molecule has 9 nitrogen and oxygen atoms in total. The quantitative estimate of drug-likeness (QED) is 0.0522. The Bertz CT molecular complexity index is 1200. The maximum Gasteiger partial charge on any atom is 0.327 e. The molecule has 2 aromatic rings. The summed E-state index contributed by atoms with van der Waals surface area (Å²) >= 11 is 0. The monoisotopic (exact) mass is 635 g/mol. The number of amides is 4. The van der Waals surface area contributed by atoms with Gasteiger partial charge in [-0.25, -0.2) is 9.69 Å². The molecule has 0 spiro atoms. The number of imide groups is 1. The first kappa shape index (κ1) is 36.7. The molecule has 1 unspecified atom stereocenters. The third kappa shape index (κ3) is 11.0. The average Bonchev–Trinajstić information content (AvgIpc) is 3.41. The van der Waals surface area contributed by atoms with Crippen LogP contribution in [0.25, 0.3) is 0 Å². The van der Waals surface area contributed by atoms with Crippen molar-refractivity contribution >= 4 is 29.3 Å². The number of unbranched alkanes of at least 4 members (excludes halogenated alkanes) is 15. The molecule has 46 heavy (non-hydrogen) atoms. The molecule has 0 aromatic heterocycles. The first-order chi connectivity index (χ1) is 22.4. The molecule has 9 heteroatoms. The summed E-state index contributed by atoms with van der Waals surface area (Å²) in [4.78, 5) is 53.3. The van der Waals surface area contributed by atoms with Gasteiger partial charge in [0.2, 0.25) is 5.78 Å². The number of carbonyl (C=O) groups is 4. The fourth-order valence-corrected chi connectivity index (χ4v) is 5.80. The second-order valence-electron chi connectivity index (χ2n) is 12.1. The number of hydrogen-bond donors (Lipinski definition) is 2. The number of hydrogen-bond acceptors (Lipinski definition) is 6. The number of benzene rings is 2. The van der Waals surface area contributed by atoms with Gasteiger partial charge < -0.3 is 20.1 Å². The molecule has 1 fully saturated rings. The minimum absolute atomic E-state index is 0.0901. The van der Waals surface area contributed by atoms with Crippen molar-refractivity contribution in [2.24, 2.45) is 0 Å². The van der Waals surface area contributed by atoms with Crippen molar-refractivity contribution in [1.82, 2.24) is 10.2 Å². The zero-order chi connectivity index (χ0) is 33.0. The van der Waals surface area contributed by atoms with Crippen LogP contribution in [0.3, 0.4) is 0 Å². The predicted molar refractivity (Wildman–Crippen MR) is 181 cm³/mol. The Kier molecular flexibility index (Phi) is 16.3. The fourth-order valence-electron chi connectivity index (χ4n) is 5.80. The largest absolute Gasteiger partial charge is 0.494 e. The molecule has 2 N–H and O–H groups in total. The van der Waals surface area contributed by atoms with E-state index in [1.54, 1.807) is 42.5 Å². The molecule has 1 saturated heterocycles. The number of nitrogens with zero attached hydrogens (tertiary/aromatic N) is 1. The van der Waals surface area contributed by atoms with E-state index in [4.69, 9.17) is 9.47 Å². The van der Waals surface area contributed by atoms with Crippen LogP contribution in [0.4, 0.5) is 10.5 Å². The predicted octanol–water partition coefficient (Wildman–Crippen LogP) is 8.04. The van der Waals surface area contributed by atoms with E-state index in [0.29, 0.717) is 22.9 Å². The second-order valence-corrected chi connectivity index (χ2v) is 12.1. The van der Waals surface area contributed by atoms with E-state index in [0.717, 1.165) is 20.0 Å². The molecule has 0 radical (unpaired) electrons. The molecule has 1 aliphatic heterocycles. The van der Waals surface area contributed by atoms with Crippen LogP contribution < -0.4 is 15.4 Å².